The van der Waals surface area contributed by atoms with Crippen LogP contribution in [0.1, 0.15) is 12.8 Å². The molecule has 1 unspecified atom stereocenters. The maximum atomic E-state index is 8.41. The van der Waals surface area contributed by atoms with Crippen LogP contribution < -0.4 is 5.32 Å². The third-order valence-electron chi connectivity index (χ3n) is 1.41. The fourth-order valence-electron chi connectivity index (χ4n) is 0.964. The van der Waals surface area contributed by atoms with Crippen molar-refractivity contribution in [3.8, 4) is 0 Å². The zero-order chi connectivity index (χ0) is 6.53. The second kappa shape index (κ2) is 5.61. The zero-order valence-corrected chi connectivity index (χ0v) is 5.97. The minimum atomic E-state index is 0. The van der Waals surface area contributed by atoms with Crippen LogP contribution >= 0.6 is 0 Å². The molecule has 0 spiro atoms. The summed E-state index contributed by atoms with van der Waals surface area (Å²) in [6.07, 6.45) is 2.43. The van der Waals surface area contributed by atoms with Gasteiger partial charge in [-0.15, -0.1) is 0 Å². The highest BCUT2D eigenvalue weighted by atomic mass is 16.5. The van der Waals surface area contributed by atoms with Crippen molar-refractivity contribution in [3.05, 3.63) is 0 Å². The van der Waals surface area contributed by atoms with E-state index in [9.17, 15) is 0 Å². The predicted octanol–water partition coefficient (Wildman–Crippen LogP) is -1.12. The summed E-state index contributed by atoms with van der Waals surface area (Å²) in [6, 6.07) is 0. The molecule has 0 aliphatic carbocycles. The van der Waals surface area contributed by atoms with E-state index in [1.54, 1.807) is 0 Å². The number of ether oxygens (including phenoxy) is 1. The van der Waals surface area contributed by atoms with Gasteiger partial charge in [0.05, 0.1) is 6.61 Å². The van der Waals surface area contributed by atoms with Gasteiger partial charge in [0.25, 0.3) is 0 Å². The molecule has 0 bridgehead atoms. The van der Waals surface area contributed by atoms with Gasteiger partial charge in [-0.1, -0.05) is 0 Å². The molecule has 4 heteroatoms. The van der Waals surface area contributed by atoms with Gasteiger partial charge in [-0.05, 0) is 12.8 Å². The molecular formula is C6H15NO3. The number of hydrogen-bond acceptors (Lipinski definition) is 3. The Labute approximate surface area is 60.5 Å². The topological polar surface area (TPSA) is 73.0 Å². The third kappa shape index (κ3) is 3.12. The Balaban J connectivity index is 0.000000810. The summed E-state index contributed by atoms with van der Waals surface area (Å²) in [5.74, 6) is 0. The second-order valence-corrected chi connectivity index (χ2v) is 2.18. The first-order valence-corrected chi connectivity index (χ1v) is 3.39. The van der Waals surface area contributed by atoms with E-state index in [0.29, 0.717) is 6.54 Å². The number of aliphatic hydroxyl groups is 1. The van der Waals surface area contributed by atoms with Crippen molar-refractivity contribution < 1.29 is 15.3 Å². The summed E-state index contributed by atoms with van der Waals surface area (Å²) in [5.41, 5.74) is 0. The van der Waals surface area contributed by atoms with E-state index in [-0.39, 0.29) is 18.3 Å². The largest absolute Gasteiger partial charge is 0.412 e. The molecule has 1 saturated heterocycles. The van der Waals surface area contributed by atoms with Gasteiger partial charge >= 0.3 is 0 Å². The van der Waals surface area contributed by atoms with Crippen LogP contribution in [0.4, 0.5) is 0 Å². The van der Waals surface area contributed by atoms with Crippen molar-refractivity contribution in [2.24, 2.45) is 0 Å². The van der Waals surface area contributed by atoms with Gasteiger partial charge in [0, 0.05) is 13.2 Å². The van der Waals surface area contributed by atoms with E-state index in [1.807, 2.05) is 0 Å². The van der Waals surface area contributed by atoms with Crippen LogP contribution in [-0.4, -0.2) is 36.6 Å². The van der Waals surface area contributed by atoms with Crippen LogP contribution in [0.3, 0.4) is 0 Å². The highest BCUT2D eigenvalue weighted by molar-refractivity contribution is 4.61. The number of nitrogens with one attached hydrogen (secondary N) is 1. The first kappa shape index (κ1) is 9.84. The summed E-state index contributed by atoms with van der Waals surface area (Å²) in [4.78, 5) is 0. The molecule has 0 saturated carbocycles. The third-order valence-corrected chi connectivity index (χ3v) is 1.41. The predicted molar refractivity (Wildman–Crippen MR) is 37.7 cm³/mol. The van der Waals surface area contributed by atoms with Crippen LogP contribution in [-0.2, 0) is 4.74 Å². The Morgan fingerprint density at radius 3 is 2.90 bits per heavy atom. The van der Waals surface area contributed by atoms with Crippen molar-refractivity contribution >= 4 is 0 Å². The van der Waals surface area contributed by atoms with Crippen LogP contribution in [0.2, 0.25) is 0 Å². The first-order chi connectivity index (χ1) is 4.43. The number of rotatable bonds is 3. The molecule has 0 aromatic carbocycles. The average molecular weight is 149 g/mol. The lowest BCUT2D eigenvalue weighted by atomic mass is 10.3. The maximum Gasteiger partial charge on any atom is 0.108 e. The van der Waals surface area contributed by atoms with Crippen molar-refractivity contribution in [2.45, 2.75) is 19.1 Å². The molecule has 1 rings (SSSR count). The van der Waals surface area contributed by atoms with E-state index in [2.05, 4.69) is 5.32 Å². The minimum absolute atomic E-state index is 0. The second-order valence-electron chi connectivity index (χ2n) is 2.18. The monoisotopic (exact) mass is 149 g/mol. The lowest BCUT2D eigenvalue weighted by molar-refractivity contribution is 0.0796. The summed E-state index contributed by atoms with van der Waals surface area (Å²) >= 11 is 0. The molecule has 0 aromatic rings. The SMILES string of the molecule is O.OCCNC1CCCO1. The molecule has 62 valence electrons. The Morgan fingerprint density at radius 1 is 1.60 bits per heavy atom. The van der Waals surface area contributed by atoms with E-state index >= 15 is 0 Å². The number of hydrogen-bond donors (Lipinski definition) is 2. The standard InChI is InChI=1S/C6H13NO2.H2O/c8-4-3-7-6-2-1-5-9-6;/h6-8H,1-5H2;1H2. The molecule has 1 heterocycles. The first-order valence-electron chi connectivity index (χ1n) is 3.39. The molecule has 0 aromatic heterocycles. The van der Waals surface area contributed by atoms with Crippen LogP contribution in [0.15, 0.2) is 0 Å². The van der Waals surface area contributed by atoms with E-state index < -0.39 is 0 Å². The van der Waals surface area contributed by atoms with Crippen molar-refractivity contribution in [2.75, 3.05) is 19.8 Å². The lowest BCUT2D eigenvalue weighted by Crippen LogP contribution is -2.30. The van der Waals surface area contributed by atoms with Gasteiger partial charge in [0.1, 0.15) is 6.23 Å². The Kier molecular flexibility index (Phi) is 5.52. The molecular weight excluding hydrogens is 134 g/mol. The summed E-state index contributed by atoms with van der Waals surface area (Å²) < 4.78 is 5.23. The Morgan fingerprint density at radius 2 is 2.40 bits per heavy atom. The maximum absolute atomic E-state index is 8.41. The Bertz CT molecular complexity index is 73.4. The van der Waals surface area contributed by atoms with E-state index in [4.69, 9.17) is 9.84 Å². The molecule has 0 radical (unpaired) electrons. The molecule has 0 amide bonds. The molecule has 1 aliphatic rings. The average Bonchev–Trinajstić information content (AvgIpc) is 2.34. The molecule has 1 atom stereocenters. The number of aliphatic hydroxyl groups excluding tert-OH is 1. The van der Waals surface area contributed by atoms with Gasteiger partial charge in [-0.3, -0.25) is 5.32 Å². The lowest BCUT2D eigenvalue weighted by Gasteiger charge is -2.08. The van der Waals surface area contributed by atoms with Crippen molar-refractivity contribution in [3.63, 3.8) is 0 Å². The van der Waals surface area contributed by atoms with Gasteiger partial charge < -0.3 is 15.3 Å². The smallest absolute Gasteiger partial charge is 0.108 e. The van der Waals surface area contributed by atoms with E-state index in [0.717, 1.165) is 19.4 Å². The summed E-state index contributed by atoms with van der Waals surface area (Å²) in [5, 5.41) is 11.5. The fraction of sp³-hybridized carbons (Fsp3) is 1.00. The molecule has 1 fully saturated rings. The highest BCUT2D eigenvalue weighted by Gasteiger charge is 2.12. The summed E-state index contributed by atoms with van der Waals surface area (Å²) in [6.45, 7) is 1.70. The van der Waals surface area contributed by atoms with E-state index in [1.165, 1.54) is 0 Å². The van der Waals surface area contributed by atoms with Gasteiger partial charge in [0.2, 0.25) is 0 Å². The normalized spacial score (nSPS) is 24.3. The zero-order valence-electron chi connectivity index (χ0n) is 5.97. The van der Waals surface area contributed by atoms with Gasteiger partial charge in [0.15, 0.2) is 0 Å². The quantitative estimate of drug-likeness (QED) is 0.534. The van der Waals surface area contributed by atoms with Crippen molar-refractivity contribution in [1.29, 1.82) is 0 Å². The molecule has 4 N–H and O–H groups in total. The van der Waals surface area contributed by atoms with Crippen LogP contribution in [0.5, 0.6) is 0 Å². The van der Waals surface area contributed by atoms with Crippen LogP contribution in [0.25, 0.3) is 0 Å². The Hall–Kier alpha value is -0.160. The van der Waals surface area contributed by atoms with Crippen molar-refractivity contribution in [1.82, 2.24) is 5.32 Å². The molecule has 1 aliphatic heterocycles. The minimum Gasteiger partial charge on any atom is -0.412 e. The molecule has 10 heavy (non-hydrogen) atoms. The van der Waals surface area contributed by atoms with Gasteiger partial charge in [-0.2, -0.15) is 0 Å². The fourth-order valence-corrected chi connectivity index (χ4v) is 0.964. The summed E-state index contributed by atoms with van der Waals surface area (Å²) in [7, 11) is 0. The highest BCUT2D eigenvalue weighted by Crippen LogP contribution is 2.07. The van der Waals surface area contributed by atoms with Crippen LogP contribution in [0, 0.1) is 0 Å². The van der Waals surface area contributed by atoms with Gasteiger partial charge in [-0.25, -0.2) is 0 Å². The molecule has 4 nitrogen and oxygen atoms in total.